The molecule has 0 aliphatic heterocycles. The van der Waals surface area contributed by atoms with Crippen molar-refractivity contribution in [2.24, 2.45) is 0 Å². The van der Waals surface area contributed by atoms with Gasteiger partial charge in [-0.2, -0.15) is 8.42 Å². The van der Waals surface area contributed by atoms with Gasteiger partial charge in [0.15, 0.2) is 0 Å². The zero-order valence-corrected chi connectivity index (χ0v) is 14.5. The Bertz CT molecular complexity index is 1120. The average molecular weight is 374 g/mol. The lowest BCUT2D eigenvalue weighted by Gasteiger charge is -2.08. The molecule has 0 aliphatic rings. The van der Waals surface area contributed by atoms with Gasteiger partial charge in [0.05, 0.1) is 6.61 Å². The highest BCUT2D eigenvalue weighted by Gasteiger charge is 2.18. The summed E-state index contributed by atoms with van der Waals surface area (Å²) in [4.78, 5) is 23.7. The molecule has 1 aromatic heterocycles. The molecule has 0 bridgehead atoms. The van der Waals surface area contributed by atoms with Gasteiger partial charge < -0.3 is 13.3 Å². The first-order chi connectivity index (χ1) is 12.4. The Morgan fingerprint density at radius 3 is 2.50 bits per heavy atom. The van der Waals surface area contributed by atoms with Crippen LogP contribution < -0.4 is 9.81 Å². The maximum Gasteiger partial charge on any atom is 0.351 e. The summed E-state index contributed by atoms with van der Waals surface area (Å²) >= 11 is 0. The van der Waals surface area contributed by atoms with Crippen LogP contribution >= 0.6 is 0 Å². The molecule has 8 heteroatoms. The summed E-state index contributed by atoms with van der Waals surface area (Å²) in [5, 5.41) is 0.428. The molecule has 0 aliphatic carbocycles. The molecule has 0 N–H and O–H groups in total. The van der Waals surface area contributed by atoms with Crippen molar-refractivity contribution < 1.29 is 26.5 Å². The Balaban J connectivity index is 1.96. The Labute approximate surface area is 148 Å². The lowest BCUT2D eigenvalue weighted by Crippen LogP contribution is -2.16. The number of carbonyl (C=O) groups is 1. The van der Waals surface area contributed by atoms with Crippen LogP contribution in [-0.2, 0) is 14.9 Å². The largest absolute Gasteiger partial charge is 0.462 e. The molecule has 3 aromatic rings. The third-order valence-corrected chi connectivity index (χ3v) is 4.70. The van der Waals surface area contributed by atoms with Crippen LogP contribution in [0, 0.1) is 0 Å². The minimum Gasteiger partial charge on any atom is -0.462 e. The minimum atomic E-state index is -4.01. The second-order valence-corrected chi connectivity index (χ2v) is 6.76. The molecule has 1 heterocycles. The maximum absolute atomic E-state index is 12.2. The van der Waals surface area contributed by atoms with E-state index >= 15 is 0 Å². The van der Waals surface area contributed by atoms with Crippen LogP contribution in [0.2, 0.25) is 0 Å². The highest BCUT2D eigenvalue weighted by molar-refractivity contribution is 7.87. The van der Waals surface area contributed by atoms with E-state index in [1.165, 1.54) is 36.4 Å². The summed E-state index contributed by atoms with van der Waals surface area (Å²) in [6, 6.07) is 13.1. The monoisotopic (exact) mass is 374 g/mol. The number of carbonyl (C=O) groups excluding carboxylic acids is 1. The average Bonchev–Trinajstić information content (AvgIpc) is 2.61. The van der Waals surface area contributed by atoms with Crippen LogP contribution in [0.3, 0.4) is 0 Å². The highest BCUT2D eigenvalue weighted by atomic mass is 32.2. The van der Waals surface area contributed by atoms with Crippen molar-refractivity contribution in [1.82, 2.24) is 0 Å². The van der Waals surface area contributed by atoms with Gasteiger partial charge in [-0.3, -0.25) is 0 Å². The molecule has 0 saturated heterocycles. The fourth-order valence-electron chi connectivity index (χ4n) is 2.26. The van der Waals surface area contributed by atoms with Crippen LogP contribution in [-0.4, -0.2) is 21.0 Å². The van der Waals surface area contributed by atoms with Crippen LogP contribution in [0.5, 0.6) is 5.75 Å². The smallest absolute Gasteiger partial charge is 0.351 e. The van der Waals surface area contributed by atoms with Gasteiger partial charge in [-0.15, -0.1) is 0 Å². The Morgan fingerprint density at radius 2 is 1.81 bits per heavy atom. The molecule has 26 heavy (non-hydrogen) atoms. The molecule has 0 unspecified atom stereocenters. The van der Waals surface area contributed by atoms with E-state index in [1.807, 2.05) is 0 Å². The Morgan fingerprint density at radius 1 is 1.08 bits per heavy atom. The fourth-order valence-corrected chi connectivity index (χ4v) is 3.20. The number of fused-ring (bicyclic) bond motifs is 1. The zero-order chi connectivity index (χ0) is 18.7. The first-order valence-electron chi connectivity index (χ1n) is 7.65. The third-order valence-electron chi connectivity index (χ3n) is 3.44. The molecule has 7 nitrogen and oxygen atoms in total. The summed E-state index contributed by atoms with van der Waals surface area (Å²) in [6.07, 6.45) is 0. The van der Waals surface area contributed by atoms with E-state index in [-0.39, 0.29) is 28.4 Å². The number of hydrogen-bond donors (Lipinski definition) is 0. The molecule has 134 valence electrons. The van der Waals surface area contributed by atoms with Crippen molar-refractivity contribution in [2.75, 3.05) is 6.61 Å². The van der Waals surface area contributed by atoms with Gasteiger partial charge in [0.25, 0.3) is 0 Å². The third kappa shape index (κ3) is 3.60. The number of rotatable bonds is 5. The van der Waals surface area contributed by atoms with E-state index in [2.05, 4.69) is 0 Å². The highest BCUT2D eigenvalue weighted by Crippen LogP contribution is 2.24. The topological polar surface area (TPSA) is 99.9 Å². The summed E-state index contributed by atoms with van der Waals surface area (Å²) in [5.74, 6) is -0.802. The molecule has 0 spiro atoms. The van der Waals surface area contributed by atoms with Gasteiger partial charge >= 0.3 is 21.7 Å². The minimum absolute atomic E-state index is 0.000733. The van der Waals surface area contributed by atoms with E-state index in [0.29, 0.717) is 5.39 Å². The van der Waals surface area contributed by atoms with E-state index in [9.17, 15) is 18.0 Å². The molecule has 0 fully saturated rings. The standard InChI is InChI=1S/C18H14O7S/c1-2-23-17(19)15-10-12-8-9-13(11-16(12)24-18(15)20)25-26(21,22)14-6-4-3-5-7-14/h3-11H,2H2,1H3. The van der Waals surface area contributed by atoms with E-state index in [0.717, 1.165) is 0 Å². The van der Waals surface area contributed by atoms with Crippen LogP contribution in [0.4, 0.5) is 0 Å². The lowest BCUT2D eigenvalue weighted by molar-refractivity contribution is 0.0522. The number of benzene rings is 2. The number of esters is 1. The molecular formula is C18H14O7S. The molecular weight excluding hydrogens is 360 g/mol. The predicted molar refractivity (Wildman–Crippen MR) is 92.7 cm³/mol. The van der Waals surface area contributed by atoms with Gasteiger partial charge in [0, 0.05) is 11.5 Å². The van der Waals surface area contributed by atoms with Crippen LogP contribution in [0.25, 0.3) is 11.0 Å². The summed E-state index contributed by atoms with van der Waals surface area (Å²) in [6.45, 7) is 1.75. The van der Waals surface area contributed by atoms with E-state index in [4.69, 9.17) is 13.3 Å². The van der Waals surface area contributed by atoms with E-state index < -0.39 is 21.7 Å². The Hall–Kier alpha value is -3.13. The summed E-state index contributed by atoms with van der Waals surface area (Å²) in [5.41, 5.74) is -1.02. The summed E-state index contributed by atoms with van der Waals surface area (Å²) < 4.78 is 39.4. The molecule has 3 rings (SSSR count). The second-order valence-electron chi connectivity index (χ2n) is 5.22. The molecule has 0 radical (unpaired) electrons. The van der Waals surface area contributed by atoms with Crippen molar-refractivity contribution in [1.29, 1.82) is 0 Å². The van der Waals surface area contributed by atoms with Crippen molar-refractivity contribution in [3.63, 3.8) is 0 Å². The van der Waals surface area contributed by atoms with Crippen LogP contribution in [0.1, 0.15) is 17.3 Å². The SMILES string of the molecule is CCOC(=O)c1cc2ccc(OS(=O)(=O)c3ccccc3)cc2oc1=O. The summed E-state index contributed by atoms with van der Waals surface area (Å²) in [7, 11) is -4.01. The first kappa shape index (κ1) is 17.7. The number of hydrogen-bond acceptors (Lipinski definition) is 7. The molecule has 2 aromatic carbocycles. The fraction of sp³-hybridized carbons (Fsp3) is 0.111. The maximum atomic E-state index is 12.2. The van der Waals surface area contributed by atoms with Gasteiger partial charge in [-0.1, -0.05) is 18.2 Å². The normalized spacial score (nSPS) is 11.3. The van der Waals surface area contributed by atoms with Gasteiger partial charge in [0.2, 0.25) is 0 Å². The first-order valence-corrected chi connectivity index (χ1v) is 9.06. The number of ether oxygens (including phenoxy) is 1. The van der Waals surface area contributed by atoms with Crippen molar-refractivity contribution >= 4 is 27.1 Å². The predicted octanol–water partition coefficient (Wildman–Crippen LogP) is 2.74. The Kier molecular flexibility index (Phi) is 4.77. The van der Waals surface area contributed by atoms with Crippen molar-refractivity contribution in [3.8, 4) is 5.75 Å². The van der Waals surface area contributed by atoms with E-state index in [1.54, 1.807) is 25.1 Å². The van der Waals surface area contributed by atoms with Gasteiger partial charge in [-0.05, 0) is 37.3 Å². The van der Waals surface area contributed by atoms with Gasteiger partial charge in [-0.25, -0.2) is 9.59 Å². The van der Waals surface area contributed by atoms with Crippen LogP contribution in [0.15, 0.2) is 68.7 Å². The molecule has 0 atom stereocenters. The molecule has 0 amide bonds. The van der Waals surface area contributed by atoms with Crippen molar-refractivity contribution in [3.05, 3.63) is 70.6 Å². The molecule has 0 saturated carbocycles. The van der Waals surface area contributed by atoms with Crippen molar-refractivity contribution in [2.45, 2.75) is 11.8 Å². The second kappa shape index (κ2) is 7.01. The van der Waals surface area contributed by atoms with Gasteiger partial charge in [0.1, 0.15) is 21.8 Å². The quantitative estimate of drug-likeness (QED) is 0.384. The zero-order valence-electron chi connectivity index (χ0n) is 13.7. The lowest BCUT2D eigenvalue weighted by atomic mass is 10.2.